The first kappa shape index (κ1) is 17.7. The summed E-state index contributed by atoms with van der Waals surface area (Å²) in [5, 5.41) is 19.4. The van der Waals surface area contributed by atoms with Crippen molar-refractivity contribution in [3.05, 3.63) is 76.1 Å². The van der Waals surface area contributed by atoms with Gasteiger partial charge in [0.25, 0.3) is 5.91 Å². The summed E-state index contributed by atoms with van der Waals surface area (Å²) in [6, 6.07) is 15.2. The highest BCUT2D eigenvalue weighted by atomic mass is 32.1. The first-order chi connectivity index (χ1) is 13.2. The lowest BCUT2D eigenvalue weighted by atomic mass is 10.2. The molecule has 0 unspecified atom stereocenters. The van der Waals surface area contributed by atoms with E-state index in [1.54, 1.807) is 22.8 Å². The molecule has 4 rings (SSSR count). The quantitative estimate of drug-likeness (QED) is 0.500. The molecule has 3 aromatic heterocycles. The summed E-state index contributed by atoms with van der Waals surface area (Å²) >= 11 is 2.99. The van der Waals surface area contributed by atoms with Gasteiger partial charge in [0.05, 0.1) is 6.54 Å². The maximum absolute atomic E-state index is 12.3. The molecule has 1 amide bonds. The largest absolute Gasteiger partial charge is 0.458 e. The number of thiazole rings is 1. The standard InChI is InChI=1S/C20H16N2O3S2/c23-16(18-7-6-17(25-18)14-8-9-26-11-14)10-21-19(24)15-12-27-20(22-15)13-4-2-1-3-5-13/h1-9,11-12,16,23H,10H2,(H,21,24)/t16-/m0/s1. The summed E-state index contributed by atoms with van der Waals surface area (Å²) in [7, 11) is 0. The molecule has 0 bridgehead atoms. The first-order valence-corrected chi connectivity index (χ1v) is 10.1. The normalized spacial score (nSPS) is 12.0. The third-order valence-electron chi connectivity index (χ3n) is 3.97. The molecule has 7 heteroatoms. The third-order valence-corrected chi connectivity index (χ3v) is 5.55. The molecule has 136 valence electrons. The molecule has 0 aliphatic rings. The Morgan fingerprint density at radius 3 is 2.74 bits per heavy atom. The Hall–Kier alpha value is -2.74. The molecule has 0 saturated carbocycles. The molecule has 0 fully saturated rings. The number of furan rings is 1. The van der Waals surface area contributed by atoms with E-state index < -0.39 is 6.10 Å². The van der Waals surface area contributed by atoms with Gasteiger partial charge in [-0.1, -0.05) is 30.3 Å². The predicted octanol–water partition coefficient (Wildman–Crippen LogP) is 4.60. The molecular formula is C20H16N2O3S2. The number of carbonyl (C=O) groups excluding carboxylic acids is 1. The lowest BCUT2D eigenvalue weighted by Gasteiger charge is -2.08. The van der Waals surface area contributed by atoms with Crippen LogP contribution in [0.4, 0.5) is 0 Å². The zero-order valence-corrected chi connectivity index (χ0v) is 15.8. The number of aromatic nitrogens is 1. The Labute approximate surface area is 163 Å². The highest BCUT2D eigenvalue weighted by Crippen LogP contribution is 2.27. The van der Waals surface area contributed by atoms with E-state index in [1.807, 2.05) is 53.2 Å². The number of nitrogens with one attached hydrogen (secondary N) is 1. The smallest absolute Gasteiger partial charge is 0.270 e. The summed E-state index contributed by atoms with van der Waals surface area (Å²) in [5.74, 6) is 0.792. The Morgan fingerprint density at radius 1 is 1.11 bits per heavy atom. The average molecular weight is 396 g/mol. The van der Waals surface area contributed by atoms with Gasteiger partial charge < -0.3 is 14.8 Å². The number of amides is 1. The lowest BCUT2D eigenvalue weighted by Crippen LogP contribution is -2.28. The minimum absolute atomic E-state index is 0.0492. The number of rotatable bonds is 6. The molecule has 0 saturated heterocycles. The van der Waals surface area contributed by atoms with Gasteiger partial charge in [-0.05, 0) is 23.6 Å². The summed E-state index contributed by atoms with van der Waals surface area (Å²) in [5.41, 5.74) is 2.28. The zero-order valence-electron chi connectivity index (χ0n) is 14.2. The summed E-state index contributed by atoms with van der Waals surface area (Å²) in [6.07, 6.45) is -0.923. The van der Waals surface area contributed by atoms with Crippen LogP contribution in [0.2, 0.25) is 0 Å². The van der Waals surface area contributed by atoms with Gasteiger partial charge >= 0.3 is 0 Å². The van der Waals surface area contributed by atoms with Crippen LogP contribution in [0.3, 0.4) is 0 Å². The topological polar surface area (TPSA) is 75.4 Å². The summed E-state index contributed by atoms with van der Waals surface area (Å²) in [4.78, 5) is 16.7. The van der Waals surface area contributed by atoms with Crippen LogP contribution < -0.4 is 5.32 Å². The third kappa shape index (κ3) is 4.00. The van der Waals surface area contributed by atoms with Gasteiger partial charge in [-0.25, -0.2) is 4.98 Å². The molecule has 5 nitrogen and oxygen atoms in total. The van der Waals surface area contributed by atoms with Crippen molar-refractivity contribution in [2.24, 2.45) is 0 Å². The molecule has 4 aromatic rings. The summed E-state index contributed by atoms with van der Waals surface area (Å²) < 4.78 is 5.68. The Morgan fingerprint density at radius 2 is 1.96 bits per heavy atom. The monoisotopic (exact) mass is 396 g/mol. The Balaban J connectivity index is 1.37. The van der Waals surface area contributed by atoms with Crippen molar-refractivity contribution in [1.82, 2.24) is 10.3 Å². The minimum Gasteiger partial charge on any atom is -0.458 e. The molecular weight excluding hydrogens is 380 g/mol. The Kier molecular flexibility index (Phi) is 5.15. The summed E-state index contributed by atoms with van der Waals surface area (Å²) in [6.45, 7) is 0.0492. The number of aliphatic hydroxyl groups excluding tert-OH is 1. The molecule has 0 spiro atoms. The predicted molar refractivity (Wildman–Crippen MR) is 107 cm³/mol. The number of carbonyl (C=O) groups is 1. The maximum Gasteiger partial charge on any atom is 0.270 e. The van der Waals surface area contributed by atoms with Gasteiger partial charge in [-0.2, -0.15) is 11.3 Å². The van der Waals surface area contributed by atoms with Gasteiger partial charge in [-0.3, -0.25) is 4.79 Å². The number of hydrogen-bond acceptors (Lipinski definition) is 6. The molecule has 27 heavy (non-hydrogen) atoms. The van der Waals surface area contributed by atoms with Crippen LogP contribution in [0.5, 0.6) is 0 Å². The Bertz CT molecular complexity index is 1020. The van der Waals surface area contributed by atoms with Gasteiger partial charge in [0.1, 0.15) is 28.3 Å². The molecule has 2 N–H and O–H groups in total. The molecule has 0 aliphatic heterocycles. The fourth-order valence-electron chi connectivity index (χ4n) is 2.56. The molecule has 0 aliphatic carbocycles. The van der Waals surface area contributed by atoms with Crippen molar-refractivity contribution in [1.29, 1.82) is 0 Å². The molecule has 1 atom stereocenters. The van der Waals surface area contributed by atoms with Crippen molar-refractivity contribution >= 4 is 28.6 Å². The van der Waals surface area contributed by atoms with E-state index in [4.69, 9.17) is 4.42 Å². The van der Waals surface area contributed by atoms with E-state index in [2.05, 4.69) is 10.3 Å². The SMILES string of the molecule is O=C(NC[C@H](O)c1ccc(-c2ccsc2)o1)c1csc(-c2ccccc2)n1. The van der Waals surface area contributed by atoms with E-state index in [0.717, 1.165) is 16.1 Å². The van der Waals surface area contributed by atoms with Crippen LogP contribution in [-0.4, -0.2) is 22.5 Å². The average Bonchev–Trinajstić information content (AvgIpc) is 3.47. The second kappa shape index (κ2) is 7.87. The van der Waals surface area contributed by atoms with Crippen LogP contribution in [0, 0.1) is 0 Å². The van der Waals surface area contributed by atoms with Crippen LogP contribution in [-0.2, 0) is 0 Å². The highest BCUT2D eigenvalue weighted by molar-refractivity contribution is 7.13. The van der Waals surface area contributed by atoms with Gasteiger partial charge in [0.15, 0.2) is 0 Å². The fraction of sp³-hybridized carbons (Fsp3) is 0.100. The van der Waals surface area contributed by atoms with Gasteiger partial charge in [-0.15, -0.1) is 11.3 Å². The number of hydrogen-bond donors (Lipinski definition) is 2. The van der Waals surface area contributed by atoms with E-state index in [9.17, 15) is 9.90 Å². The van der Waals surface area contributed by atoms with E-state index in [-0.39, 0.29) is 12.5 Å². The number of thiophene rings is 1. The minimum atomic E-state index is -0.923. The number of benzene rings is 1. The zero-order chi connectivity index (χ0) is 18.6. The van der Waals surface area contributed by atoms with Crippen LogP contribution in [0.1, 0.15) is 22.4 Å². The molecule has 0 radical (unpaired) electrons. The second-order valence-electron chi connectivity index (χ2n) is 5.84. The first-order valence-electron chi connectivity index (χ1n) is 8.30. The second-order valence-corrected chi connectivity index (χ2v) is 7.48. The molecule has 3 heterocycles. The fourth-order valence-corrected chi connectivity index (χ4v) is 4.01. The van der Waals surface area contributed by atoms with Crippen LogP contribution >= 0.6 is 22.7 Å². The number of nitrogens with zero attached hydrogens (tertiary/aromatic N) is 1. The van der Waals surface area contributed by atoms with E-state index in [1.165, 1.54) is 11.3 Å². The van der Waals surface area contributed by atoms with E-state index in [0.29, 0.717) is 17.2 Å². The van der Waals surface area contributed by atoms with Crippen molar-refractivity contribution in [2.45, 2.75) is 6.10 Å². The van der Waals surface area contributed by atoms with Gasteiger partial charge in [0.2, 0.25) is 0 Å². The van der Waals surface area contributed by atoms with Crippen molar-refractivity contribution in [3.63, 3.8) is 0 Å². The van der Waals surface area contributed by atoms with Crippen LogP contribution in [0.25, 0.3) is 21.9 Å². The van der Waals surface area contributed by atoms with Crippen molar-refractivity contribution in [2.75, 3.05) is 6.54 Å². The maximum atomic E-state index is 12.3. The molecule has 1 aromatic carbocycles. The highest BCUT2D eigenvalue weighted by Gasteiger charge is 2.17. The van der Waals surface area contributed by atoms with E-state index >= 15 is 0 Å². The lowest BCUT2D eigenvalue weighted by molar-refractivity contribution is 0.0897. The van der Waals surface area contributed by atoms with Crippen LogP contribution in [0.15, 0.2) is 69.1 Å². The van der Waals surface area contributed by atoms with Crippen molar-refractivity contribution in [3.8, 4) is 21.9 Å². The van der Waals surface area contributed by atoms with Crippen molar-refractivity contribution < 1.29 is 14.3 Å². The van der Waals surface area contributed by atoms with Gasteiger partial charge in [0, 0.05) is 21.9 Å². The number of aliphatic hydroxyl groups is 1.